The van der Waals surface area contributed by atoms with Gasteiger partial charge in [0.15, 0.2) is 9.04 Å². The molecule has 0 rings (SSSR count). The van der Waals surface area contributed by atoms with Crippen LogP contribution in [0.4, 0.5) is 0 Å². The van der Waals surface area contributed by atoms with Crippen LogP contribution in [0.2, 0.25) is 131 Å². The van der Waals surface area contributed by atoms with Crippen molar-refractivity contribution in [2.24, 2.45) is 0 Å². The van der Waals surface area contributed by atoms with Crippen LogP contribution in [0.1, 0.15) is 0 Å². The molecule has 0 bridgehead atoms. The van der Waals surface area contributed by atoms with Gasteiger partial charge in [-0.15, -0.1) is 0 Å². The van der Waals surface area contributed by atoms with E-state index in [0.717, 1.165) is 0 Å². The molecule has 0 spiro atoms. The fourth-order valence-corrected chi connectivity index (χ4v) is 47.5. The van der Waals surface area contributed by atoms with Crippen LogP contribution in [0.5, 0.6) is 0 Å². The van der Waals surface area contributed by atoms with Crippen LogP contribution in [0.25, 0.3) is 0 Å². The smallest absolute Gasteiger partial charge is 0.358 e. The maximum atomic E-state index is 6.69. The van der Waals surface area contributed by atoms with E-state index in [0.29, 0.717) is 0 Å². The summed E-state index contributed by atoms with van der Waals surface area (Å²) in [6.07, 6.45) is 0. The molecule has 0 aromatic heterocycles. The van der Waals surface area contributed by atoms with Crippen LogP contribution in [0.15, 0.2) is 0 Å². The maximum Gasteiger partial charge on any atom is 0.358 e. The van der Waals surface area contributed by atoms with Gasteiger partial charge in [0.2, 0.25) is 0 Å². The Morgan fingerprint density at radius 3 is 0.750 bits per heavy atom. The molecule has 20 heteroatoms. The van der Waals surface area contributed by atoms with Gasteiger partial charge < -0.3 is 32.9 Å². The maximum absolute atomic E-state index is 6.69. The predicted octanol–water partition coefficient (Wildman–Crippen LogP) is 7.18. The SMILES string of the molecule is C[Si](C)OO[Si](C)(C)O[Si](C)(C)O[Si](C)(C)O[Si](C)(C)O[Si](C)(C)O[Si](C)(C)O[Si](C)(C)O[Si](C)(C)O[Si](C)C. The van der Waals surface area contributed by atoms with Crippen LogP contribution >= 0.6 is 0 Å². The molecule has 0 amide bonds. The summed E-state index contributed by atoms with van der Waals surface area (Å²) in [4.78, 5) is 0. The number of hydrogen-bond donors (Lipinski definition) is 0. The highest BCUT2D eigenvalue weighted by Gasteiger charge is 2.49. The van der Waals surface area contributed by atoms with Gasteiger partial charge in [0.25, 0.3) is 9.04 Å². The Hall–Kier alpha value is 1.77. The van der Waals surface area contributed by atoms with E-state index in [1.807, 2.05) is 52.4 Å². The molecular formula is C20H60O10Si10. The third-order valence-corrected chi connectivity index (χ3v) is 36.5. The molecule has 0 saturated carbocycles. The molecule has 40 heavy (non-hydrogen) atoms. The molecule has 0 unspecified atom stereocenters. The Labute approximate surface area is 258 Å². The summed E-state index contributed by atoms with van der Waals surface area (Å²) in [6, 6.07) is 0. The Kier molecular flexibility index (Phi) is 15.6. The average molecular weight is 742 g/mol. The zero-order valence-corrected chi connectivity index (χ0v) is 39.1. The fourth-order valence-electron chi connectivity index (χ4n) is 4.98. The van der Waals surface area contributed by atoms with Crippen molar-refractivity contribution in [3.63, 3.8) is 0 Å². The lowest BCUT2D eigenvalue weighted by atomic mass is 11.9. The van der Waals surface area contributed by atoms with Crippen LogP contribution in [-0.2, 0) is 42.1 Å². The quantitative estimate of drug-likeness (QED) is 0.0771. The largest absolute Gasteiger partial charge is 0.437 e. The van der Waals surface area contributed by atoms with Crippen molar-refractivity contribution in [1.29, 1.82) is 0 Å². The first-order valence-corrected chi connectivity index (χ1v) is 41.2. The molecule has 0 aliphatic heterocycles. The minimum atomic E-state index is -2.64. The minimum Gasteiger partial charge on any atom is -0.437 e. The van der Waals surface area contributed by atoms with Gasteiger partial charge in [-0.25, -0.2) is 0 Å². The molecular weight excluding hydrogens is 681 g/mol. The molecule has 0 heterocycles. The summed E-state index contributed by atoms with van der Waals surface area (Å²) in [5.74, 6) is 0. The average Bonchev–Trinajstić information content (AvgIpc) is 2.49. The highest BCUT2D eigenvalue weighted by molar-refractivity contribution is 6.92. The first-order chi connectivity index (χ1) is 17.3. The highest BCUT2D eigenvalue weighted by atomic mass is 28.5. The second kappa shape index (κ2) is 14.9. The van der Waals surface area contributed by atoms with Crippen molar-refractivity contribution in [3.8, 4) is 0 Å². The van der Waals surface area contributed by atoms with Gasteiger partial charge in [-0.1, -0.05) is 0 Å². The van der Waals surface area contributed by atoms with Gasteiger partial charge >= 0.3 is 68.5 Å². The van der Waals surface area contributed by atoms with Crippen molar-refractivity contribution in [2.45, 2.75) is 131 Å². The molecule has 0 atom stereocenters. The van der Waals surface area contributed by atoms with Crippen molar-refractivity contribution in [3.05, 3.63) is 0 Å². The van der Waals surface area contributed by atoms with E-state index in [-0.39, 0.29) is 0 Å². The summed E-state index contributed by atoms with van der Waals surface area (Å²) in [7, 11) is -22.2. The first-order valence-electron chi connectivity index (χ1n) is 13.8. The standard InChI is InChI=1S/C20H60O10Si10/c1-31(2)21-22-33(5,6)24-35(9,10)26-37(13,14)28-39(17,18)30-40(19,20)29-38(15,16)27-36(11,12)25-34(7,8)23-32(3)4/h1-20H3. The lowest BCUT2D eigenvalue weighted by molar-refractivity contribution is -0.132. The molecule has 0 aromatic rings. The van der Waals surface area contributed by atoms with Gasteiger partial charge in [0.1, 0.15) is 0 Å². The molecule has 10 nitrogen and oxygen atoms in total. The van der Waals surface area contributed by atoms with Crippen molar-refractivity contribution < 1.29 is 42.1 Å². The molecule has 0 aliphatic carbocycles. The molecule has 240 valence electrons. The van der Waals surface area contributed by atoms with Crippen molar-refractivity contribution in [2.75, 3.05) is 0 Å². The summed E-state index contributed by atoms with van der Waals surface area (Å²) in [6.45, 7) is 41.1. The van der Waals surface area contributed by atoms with Gasteiger partial charge in [-0.3, -0.25) is 9.15 Å². The second-order valence-corrected chi connectivity index (χ2v) is 46.9. The fraction of sp³-hybridized carbons (Fsp3) is 1.00. The van der Waals surface area contributed by atoms with Crippen LogP contribution in [0, 0.1) is 0 Å². The van der Waals surface area contributed by atoms with E-state index >= 15 is 0 Å². The Morgan fingerprint density at radius 1 is 0.300 bits per heavy atom. The molecule has 0 aliphatic rings. The monoisotopic (exact) mass is 740 g/mol. The summed E-state index contributed by atoms with van der Waals surface area (Å²) in [5.41, 5.74) is 0. The van der Waals surface area contributed by atoms with E-state index in [4.69, 9.17) is 42.1 Å². The Bertz CT molecular complexity index is 792. The lowest BCUT2D eigenvalue weighted by Gasteiger charge is -2.44. The third kappa shape index (κ3) is 19.9. The topological polar surface area (TPSA) is 92.3 Å². The molecule has 0 N–H and O–H groups in total. The van der Waals surface area contributed by atoms with Crippen molar-refractivity contribution in [1.82, 2.24) is 0 Å². The summed E-state index contributed by atoms with van der Waals surface area (Å²) < 4.78 is 63.5. The van der Waals surface area contributed by atoms with E-state index < -0.39 is 86.6 Å². The summed E-state index contributed by atoms with van der Waals surface area (Å²) >= 11 is 0. The van der Waals surface area contributed by atoms with Crippen LogP contribution in [0.3, 0.4) is 0 Å². The minimum absolute atomic E-state index is 0.856. The van der Waals surface area contributed by atoms with Gasteiger partial charge in [-0.05, 0) is 131 Å². The molecule has 0 saturated heterocycles. The van der Waals surface area contributed by atoms with Gasteiger partial charge in [0.05, 0.1) is 0 Å². The first kappa shape index (κ1) is 41.8. The van der Waals surface area contributed by atoms with Crippen molar-refractivity contribution >= 4 is 86.6 Å². The van der Waals surface area contributed by atoms with Crippen LogP contribution in [-0.4, -0.2) is 86.6 Å². The molecule has 2 radical (unpaired) electrons. The van der Waals surface area contributed by atoms with Gasteiger partial charge in [-0.2, -0.15) is 0 Å². The number of hydrogen-bond acceptors (Lipinski definition) is 10. The second-order valence-electron chi connectivity index (χ2n) is 14.0. The zero-order valence-electron chi connectivity index (χ0n) is 29.1. The summed E-state index contributed by atoms with van der Waals surface area (Å²) in [5, 5.41) is 0. The zero-order chi connectivity index (χ0) is 32.2. The van der Waals surface area contributed by atoms with E-state index in [9.17, 15) is 0 Å². The lowest BCUT2D eigenvalue weighted by Crippen LogP contribution is -2.61. The Balaban J connectivity index is 5.35. The van der Waals surface area contributed by atoms with E-state index in [1.54, 1.807) is 0 Å². The molecule has 0 aromatic carbocycles. The van der Waals surface area contributed by atoms with E-state index in [1.165, 1.54) is 0 Å². The van der Waals surface area contributed by atoms with Crippen LogP contribution < -0.4 is 0 Å². The third-order valence-electron chi connectivity index (χ3n) is 4.30. The normalized spacial score (nSPS) is 15.4. The van der Waals surface area contributed by atoms with Gasteiger partial charge in [0, 0.05) is 0 Å². The highest BCUT2D eigenvalue weighted by Crippen LogP contribution is 2.29. The van der Waals surface area contributed by atoms with E-state index in [2.05, 4.69) is 78.6 Å². The molecule has 0 fully saturated rings. The Morgan fingerprint density at radius 2 is 0.525 bits per heavy atom. The predicted molar refractivity (Wildman–Crippen MR) is 186 cm³/mol. The number of rotatable bonds is 19.